The van der Waals surface area contributed by atoms with Gasteiger partial charge in [0.25, 0.3) is 0 Å². The van der Waals surface area contributed by atoms with Crippen molar-refractivity contribution in [3.8, 4) is 0 Å². The highest BCUT2D eigenvalue weighted by molar-refractivity contribution is 7.89. The van der Waals surface area contributed by atoms with E-state index in [4.69, 9.17) is 0 Å². The Balaban J connectivity index is 1.46. The van der Waals surface area contributed by atoms with Gasteiger partial charge in [0, 0.05) is 44.2 Å². The van der Waals surface area contributed by atoms with E-state index in [2.05, 4.69) is 24.1 Å². The van der Waals surface area contributed by atoms with Crippen molar-refractivity contribution in [1.29, 1.82) is 0 Å². The summed E-state index contributed by atoms with van der Waals surface area (Å²) in [7, 11) is -3.48. The van der Waals surface area contributed by atoms with Gasteiger partial charge in [0.1, 0.15) is 0 Å². The minimum atomic E-state index is -3.48. The van der Waals surface area contributed by atoms with E-state index in [1.165, 1.54) is 0 Å². The van der Waals surface area contributed by atoms with Crippen LogP contribution in [0.2, 0.25) is 0 Å². The number of hydrogen-bond acceptors (Lipinski definition) is 4. The normalized spacial score (nSPS) is 28.4. The molecule has 3 atom stereocenters. The molecule has 0 radical (unpaired) electrons. The van der Waals surface area contributed by atoms with Gasteiger partial charge in [-0.25, -0.2) is 8.42 Å². The SMILES string of the molecule is CC[C@@H](C)CN1C[C@H]2C(=O)NC3(CCN(S(=O)(=O)c4ccc(C)cc4)CC3)[C@H]2C1. The Hall–Kier alpha value is -1.44. The quantitative estimate of drug-likeness (QED) is 0.795. The summed E-state index contributed by atoms with van der Waals surface area (Å²) in [6.45, 7) is 10.2. The first-order chi connectivity index (χ1) is 13.7. The molecule has 1 amide bonds. The fraction of sp³-hybridized carbons (Fsp3) is 0.682. The monoisotopic (exact) mass is 419 g/mol. The number of rotatable bonds is 5. The van der Waals surface area contributed by atoms with E-state index in [9.17, 15) is 13.2 Å². The molecular formula is C22H33N3O3S. The van der Waals surface area contributed by atoms with Crippen molar-refractivity contribution in [2.75, 3.05) is 32.7 Å². The van der Waals surface area contributed by atoms with Crippen molar-refractivity contribution in [2.45, 2.75) is 50.5 Å². The molecule has 1 N–H and O–H groups in total. The summed E-state index contributed by atoms with van der Waals surface area (Å²) in [5.74, 6) is 1.15. The second-order valence-corrected chi connectivity index (χ2v) is 11.2. The van der Waals surface area contributed by atoms with Crippen LogP contribution in [0, 0.1) is 24.7 Å². The van der Waals surface area contributed by atoms with E-state index in [0.717, 1.165) is 31.6 Å². The molecule has 0 bridgehead atoms. The number of nitrogens with zero attached hydrogens (tertiary/aromatic N) is 2. The molecule has 0 saturated carbocycles. The number of nitrogens with one attached hydrogen (secondary N) is 1. The second-order valence-electron chi connectivity index (χ2n) is 9.31. The highest BCUT2D eigenvalue weighted by Gasteiger charge is 2.57. The molecule has 3 aliphatic heterocycles. The van der Waals surface area contributed by atoms with Gasteiger partial charge in [-0.2, -0.15) is 4.31 Å². The molecule has 29 heavy (non-hydrogen) atoms. The van der Waals surface area contributed by atoms with Crippen LogP contribution in [-0.2, 0) is 14.8 Å². The van der Waals surface area contributed by atoms with Gasteiger partial charge in [-0.1, -0.05) is 38.0 Å². The smallest absolute Gasteiger partial charge is 0.243 e. The van der Waals surface area contributed by atoms with Gasteiger partial charge in [-0.05, 0) is 37.8 Å². The largest absolute Gasteiger partial charge is 0.350 e. The van der Waals surface area contributed by atoms with Crippen molar-refractivity contribution < 1.29 is 13.2 Å². The van der Waals surface area contributed by atoms with Crippen LogP contribution < -0.4 is 5.32 Å². The fourth-order valence-electron chi connectivity index (χ4n) is 5.34. The standard InChI is InChI=1S/C22H33N3O3S/c1-4-16(2)13-24-14-19-20(15-24)22(23-21(19)26)9-11-25(12-10-22)29(27,28)18-7-5-17(3)6-8-18/h5-8,16,19-20H,4,9-15H2,1-3H3,(H,23,26)/t16-,19-,20+/m1/s1. The summed E-state index contributed by atoms with van der Waals surface area (Å²) in [5.41, 5.74) is 0.801. The third kappa shape index (κ3) is 3.73. The van der Waals surface area contributed by atoms with Crippen molar-refractivity contribution >= 4 is 15.9 Å². The van der Waals surface area contributed by atoms with Gasteiger partial charge in [-0.3, -0.25) is 4.79 Å². The van der Waals surface area contributed by atoms with Gasteiger partial charge in [0.05, 0.1) is 10.8 Å². The lowest BCUT2D eigenvalue weighted by molar-refractivity contribution is -0.123. The average Bonchev–Trinajstić information content (AvgIpc) is 3.22. The van der Waals surface area contributed by atoms with E-state index in [0.29, 0.717) is 42.7 Å². The van der Waals surface area contributed by atoms with Crippen LogP contribution in [0.5, 0.6) is 0 Å². The number of aryl methyl sites for hydroxylation is 1. The molecule has 3 aliphatic rings. The first-order valence-electron chi connectivity index (χ1n) is 10.9. The van der Waals surface area contributed by atoms with E-state index in [1.54, 1.807) is 16.4 Å². The van der Waals surface area contributed by atoms with Crippen LogP contribution in [-0.4, -0.2) is 61.8 Å². The molecule has 3 heterocycles. The third-order valence-electron chi connectivity index (χ3n) is 7.35. The summed E-state index contributed by atoms with van der Waals surface area (Å²) in [6.07, 6.45) is 2.54. The zero-order chi connectivity index (χ0) is 20.8. The number of benzene rings is 1. The molecule has 1 aromatic rings. The Morgan fingerprint density at radius 2 is 1.83 bits per heavy atom. The fourth-order valence-corrected chi connectivity index (χ4v) is 6.78. The molecule has 1 spiro atoms. The average molecular weight is 420 g/mol. The minimum absolute atomic E-state index is 0.0549. The van der Waals surface area contributed by atoms with Crippen LogP contribution in [0.15, 0.2) is 29.2 Å². The number of carbonyl (C=O) groups is 1. The molecule has 6 nitrogen and oxygen atoms in total. The zero-order valence-electron chi connectivity index (χ0n) is 17.7. The maximum absolute atomic E-state index is 13.0. The first-order valence-corrected chi connectivity index (χ1v) is 12.3. The molecule has 3 fully saturated rings. The van der Waals surface area contributed by atoms with Crippen LogP contribution in [0.25, 0.3) is 0 Å². The highest BCUT2D eigenvalue weighted by atomic mass is 32.2. The van der Waals surface area contributed by atoms with Crippen LogP contribution in [0.3, 0.4) is 0 Å². The second kappa shape index (κ2) is 7.67. The molecule has 0 aliphatic carbocycles. The Labute approximate surface area is 174 Å². The molecule has 0 unspecified atom stereocenters. The van der Waals surface area contributed by atoms with Gasteiger partial charge in [0.2, 0.25) is 15.9 Å². The molecule has 0 aromatic heterocycles. The minimum Gasteiger partial charge on any atom is -0.350 e. The third-order valence-corrected chi connectivity index (χ3v) is 9.27. The molecule has 1 aromatic carbocycles. The number of hydrogen-bond donors (Lipinski definition) is 1. The van der Waals surface area contributed by atoms with Crippen molar-refractivity contribution in [3.63, 3.8) is 0 Å². The number of piperidine rings is 1. The summed E-state index contributed by atoms with van der Waals surface area (Å²) in [6, 6.07) is 7.05. The summed E-state index contributed by atoms with van der Waals surface area (Å²) in [4.78, 5) is 15.5. The number of sulfonamides is 1. The number of fused-ring (bicyclic) bond motifs is 2. The lowest BCUT2D eigenvalue weighted by atomic mass is 9.76. The molecule has 4 rings (SSSR count). The lowest BCUT2D eigenvalue weighted by Gasteiger charge is -2.42. The van der Waals surface area contributed by atoms with Crippen LogP contribution in [0.1, 0.15) is 38.7 Å². The summed E-state index contributed by atoms with van der Waals surface area (Å²) in [5, 5.41) is 3.29. The molecule has 160 valence electrons. The van der Waals surface area contributed by atoms with Gasteiger partial charge in [0.15, 0.2) is 0 Å². The van der Waals surface area contributed by atoms with E-state index >= 15 is 0 Å². The van der Waals surface area contributed by atoms with Crippen LogP contribution in [0.4, 0.5) is 0 Å². The lowest BCUT2D eigenvalue weighted by Crippen LogP contribution is -2.56. The maximum atomic E-state index is 13.0. The topological polar surface area (TPSA) is 69.7 Å². The predicted molar refractivity (Wildman–Crippen MR) is 113 cm³/mol. The van der Waals surface area contributed by atoms with E-state index < -0.39 is 10.0 Å². The highest BCUT2D eigenvalue weighted by Crippen LogP contribution is 2.44. The maximum Gasteiger partial charge on any atom is 0.243 e. The van der Waals surface area contributed by atoms with Crippen LogP contribution >= 0.6 is 0 Å². The Bertz CT molecular complexity index is 860. The Morgan fingerprint density at radius 1 is 1.17 bits per heavy atom. The van der Waals surface area contributed by atoms with E-state index in [-0.39, 0.29) is 17.4 Å². The Morgan fingerprint density at radius 3 is 2.45 bits per heavy atom. The van der Waals surface area contributed by atoms with Gasteiger partial charge in [-0.15, -0.1) is 0 Å². The van der Waals surface area contributed by atoms with E-state index in [1.807, 2.05) is 19.1 Å². The zero-order valence-corrected chi connectivity index (χ0v) is 18.5. The molecular weight excluding hydrogens is 386 g/mol. The van der Waals surface area contributed by atoms with Crippen molar-refractivity contribution in [3.05, 3.63) is 29.8 Å². The first kappa shape index (κ1) is 20.8. The number of likely N-dealkylation sites (tertiary alicyclic amines) is 1. The Kier molecular flexibility index (Phi) is 5.51. The number of amides is 1. The molecule has 7 heteroatoms. The summed E-state index contributed by atoms with van der Waals surface area (Å²) >= 11 is 0. The van der Waals surface area contributed by atoms with Crippen molar-refractivity contribution in [2.24, 2.45) is 17.8 Å². The van der Waals surface area contributed by atoms with Gasteiger partial charge >= 0.3 is 0 Å². The number of carbonyl (C=O) groups excluding carboxylic acids is 1. The summed E-state index contributed by atoms with van der Waals surface area (Å²) < 4.78 is 27.7. The van der Waals surface area contributed by atoms with Crippen molar-refractivity contribution in [1.82, 2.24) is 14.5 Å². The molecule has 3 saturated heterocycles. The predicted octanol–water partition coefficient (Wildman–Crippen LogP) is 2.24. The van der Waals surface area contributed by atoms with Gasteiger partial charge < -0.3 is 10.2 Å².